The van der Waals surface area contributed by atoms with Crippen LogP contribution in [0.2, 0.25) is 0 Å². The molecule has 3 nitrogen and oxygen atoms in total. The van der Waals surface area contributed by atoms with Crippen LogP contribution in [0.25, 0.3) is 0 Å². The molecule has 0 aromatic carbocycles. The van der Waals surface area contributed by atoms with Crippen LogP contribution in [0.15, 0.2) is 73.6 Å². The Kier molecular flexibility index (Phi) is 12.5. The van der Waals surface area contributed by atoms with Gasteiger partial charge in [-0.3, -0.25) is 9.78 Å². The lowest BCUT2D eigenvalue weighted by Gasteiger charge is -2.04. The van der Waals surface area contributed by atoms with Crippen molar-refractivity contribution in [2.75, 3.05) is 0 Å². The maximum absolute atomic E-state index is 11.6. The molecule has 0 aliphatic heterocycles. The molecule has 0 unspecified atom stereocenters. The van der Waals surface area contributed by atoms with Gasteiger partial charge in [-0.25, -0.2) is 0 Å². The second kappa shape index (κ2) is 15.1. The molecule has 0 bridgehead atoms. The van der Waals surface area contributed by atoms with Crippen LogP contribution in [-0.2, 0) is 16.1 Å². The minimum absolute atomic E-state index is 0.139. The van der Waals surface area contributed by atoms with Crippen molar-refractivity contribution >= 4 is 5.97 Å². The van der Waals surface area contributed by atoms with Crippen LogP contribution in [0.4, 0.5) is 0 Å². The Bertz CT molecular complexity index is 559. The number of allylic oxidation sites excluding steroid dienone is 7. The molecule has 0 saturated carbocycles. The molecule has 1 heterocycles. The van der Waals surface area contributed by atoms with Gasteiger partial charge in [0.15, 0.2) is 0 Å². The van der Waals surface area contributed by atoms with E-state index in [0.717, 1.165) is 44.1 Å². The van der Waals surface area contributed by atoms with Gasteiger partial charge < -0.3 is 4.74 Å². The standard InChI is InChI=1S/C22H29NO2/c1-2-3-4-5-6-7-8-9-10-11-12-13-14-17-22(24)25-20-21-16-15-18-23-19-21/h2,4-5,7-8,10-11,15-16,18-19H,1,3,6,9,12-14,17,20H2/b5-4-,8-7-,11-10-. The zero-order chi connectivity index (χ0) is 18.0. The Hall–Kier alpha value is -2.42. The highest BCUT2D eigenvalue weighted by molar-refractivity contribution is 5.69. The van der Waals surface area contributed by atoms with Gasteiger partial charge in [-0.1, -0.05) is 48.6 Å². The monoisotopic (exact) mass is 339 g/mol. The fourth-order valence-corrected chi connectivity index (χ4v) is 2.10. The molecule has 25 heavy (non-hydrogen) atoms. The number of carbonyl (C=O) groups is 1. The summed E-state index contributed by atoms with van der Waals surface area (Å²) < 4.78 is 5.22. The molecular weight excluding hydrogens is 310 g/mol. The van der Waals surface area contributed by atoms with Gasteiger partial charge in [0.05, 0.1) is 0 Å². The summed E-state index contributed by atoms with van der Waals surface area (Å²) in [5.74, 6) is -0.139. The minimum Gasteiger partial charge on any atom is -0.461 e. The third-order valence-electron chi connectivity index (χ3n) is 3.47. The highest BCUT2D eigenvalue weighted by Gasteiger charge is 2.02. The Balaban J connectivity index is 1.96. The molecule has 0 radical (unpaired) electrons. The van der Waals surface area contributed by atoms with Crippen molar-refractivity contribution in [3.63, 3.8) is 0 Å². The molecule has 0 spiro atoms. The predicted octanol–water partition coefficient (Wildman–Crippen LogP) is 5.71. The number of hydrogen-bond donors (Lipinski definition) is 0. The third-order valence-corrected chi connectivity index (χ3v) is 3.47. The lowest BCUT2D eigenvalue weighted by Crippen LogP contribution is -2.04. The van der Waals surface area contributed by atoms with Gasteiger partial charge in [0.25, 0.3) is 0 Å². The van der Waals surface area contributed by atoms with E-state index < -0.39 is 0 Å². The smallest absolute Gasteiger partial charge is 0.306 e. The number of esters is 1. The number of nitrogens with zero attached hydrogens (tertiary/aromatic N) is 1. The molecule has 1 aromatic heterocycles. The highest BCUT2D eigenvalue weighted by atomic mass is 16.5. The summed E-state index contributed by atoms with van der Waals surface area (Å²) in [7, 11) is 0. The Labute approximate surface area is 151 Å². The summed E-state index contributed by atoms with van der Waals surface area (Å²) in [6, 6.07) is 3.74. The molecule has 3 heteroatoms. The van der Waals surface area contributed by atoms with E-state index in [0.29, 0.717) is 13.0 Å². The van der Waals surface area contributed by atoms with E-state index >= 15 is 0 Å². The fourth-order valence-electron chi connectivity index (χ4n) is 2.10. The van der Waals surface area contributed by atoms with E-state index in [9.17, 15) is 4.79 Å². The predicted molar refractivity (Wildman–Crippen MR) is 104 cm³/mol. The van der Waals surface area contributed by atoms with E-state index in [1.165, 1.54) is 0 Å². The van der Waals surface area contributed by atoms with Gasteiger partial charge in [0, 0.05) is 24.4 Å². The van der Waals surface area contributed by atoms with Crippen molar-refractivity contribution in [2.45, 2.75) is 51.6 Å². The average molecular weight is 339 g/mol. The average Bonchev–Trinajstić information content (AvgIpc) is 2.64. The van der Waals surface area contributed by atoms with Gasteiger partial charge in [-0.2, -0.15) is 0 Å². The molecule has 0 atom stereocenters. The van der Waals surface area contributed by atoms with Crippen molar-refractivity contribution in [1.82, 2.24) is 4.98 Å². The van der Waals surface area contributed by atoms with Gasteiger partial charge in [-0.15, -0.1) is 6.58 Å². The molecule has 0 amide bonds. The summed E-state index contributed by atoms with van der Waals surface area (Å²) in [5, 5.41) is 0. The molecule has 0 fully saturated rings. The lowest BCUT2D eigenvalue weighted by atomic mass is 10.2. The topological polar surface area (TPSA) is 39.2 Å². The Morgan fingerprint density at radius 2 is 1.76 bits per heavy atom. The van der Waals surface area contributed by atoms with Crippen molar-refractivity contribution in [3.8, 4) is 0 Å². The van der Waals surface area contributed by atoms with Crippen molar-refractivity contribution in [1.29, 1.82) is 0 Å². The Morgan fingerprint density at radius 3 is 2.44 bits per heavy atom. The minimum atomic E-state index is -0.139. The van der Waals surface area contributed by atoms with Crippen LogP contribution in [0, 0.1) is 0 Å². The molecule has 1 rings (SSSR count). The van der Waals surface area contributed by atoms with Gasteiger partial charge in [0.1, 0.15) is 6.61 Å². The summed E-state index contributed by atoms with van der Waals surface area (Å²) in [4.78, 5) is 15.6. The number of unbranched alkanes of at least 4 members (excludes halogenated alkanes) is 2. The molecule has 0 aliphatic carbocycles. The van der Waals surface area contributed by atoms with E-state index in [-0.39, 0.29) is 5.97 Å². The highest BCUT2D eigenvalue weighted by Crippen LogP contribution is 2.05. The zero-order valence-corrected chi connectivity index (χ0v) is 15.0. The summed E-state index contributed by atoms with van der Waals surface area (Å²) in [5.41, 5.74) is 0.919. The van der Waals surface area contributed by atoms with Gasteiger partial charge in [-0.05, 0) is 44.6 Å². The zero-order valence-electron chi connectivity index (χ0n) is 15.0. The first-order valence-electron chi connectivity index (χ1n) is 8.93. The number of aromatic nitrogens is 1. The molecule has 134 valence electrons. The lowest BCUT2D eigenvalue weighted by molar-refractivity contribution is -0.145. The second-order valence-corrected chi connectivity index (χ2v) is 5.68. The van der Waals surface area contributed by atoms with E-state index in [2.05, 4.69) is 48.0 Å². The first-order valence-corrected chi connectivity index (χ1v) is 8.93. The Morgan fingerprint density at radius 1 is 1.04 bits per heavy atom. The molecule has 1 aromatic rings. The first-order chi connectivity index (χ1) is 12.3. The van der Waals surface area contributed by atoms with Crippen LogP contribution < -0.4 is 0 Å². The van der Waals surface area contributed by atoms with E-state index in [1.807, 2.05) is 18.2 Å². The maximum atomic E-state index is 11.6. The third kappa shape index (κ3) is 12.6. The molecule has 0 N–H and O–H groups in total. The molecular formula is C22H29NO2. The van der Waals surface area contributed by atoms with Crippen LogP contribution in [-0.4, -0.2) is 11.0 Å². The SMILES string of the molecule is C=CC/C=C\C/C=C\C/C=C\CCCCC(=O)OCc1cccnc1. The number of pyridine rings is 1. The summed E-state index contributed by atoms with van der Waals surface area (Å²) >= 11 is 0. The van der Waals surface area contributed by atoms with Crippen molar-refractivity contribution in [3.05, 3.63) is 79.2 Å². The number of rotatable bonds is 13. The van der Waals surface area contributed by atoms with Gasteiger partial charge in [0.2, 0.25) is 0 Å². The quantitative estimate of drug-likeness (QED) is 0.262. The van der Waals surface area contributed by atoms with Crippen LogP contribution in [0.1, 0.15) is 50.5 Å². The van der Waals surface area contributed by atoms with E-state index in [1.54, 1.807) is 12.4 Å². The maximum Gasteiger partial charge on any atom is 0.306 e. The fraction of sp³-hybridized carbons (Fsp3) is 0.364. The van der Waals surface area contributed by atoms with Crippen molar-refractivity contribution < 1.29 is 9.53 Å². The number of carbonyl (C=O) groups excluding carboxylic acids is 1. The van der Waals surface area contributed by atoms with Crippen molar-refractivity contribution in [2.24, 2.45) is 0 Å². The number of hydrogen-bond acceptors (Lipinski definition) is 3. The molecule has 0 aliphatic rings. The van der Waals surface area contributed by atoms with Gasteiger partial charge >= 0.3 is 5.97 Å². The van der Waals surface area contributed by atoms with Crippen LogP contribution in [0.3, 0.4) is 0 Å². The van der Waals surface area contributed by atoms with E-state index in [4.69, 9.17) is 4.74 Å². The second-order valence-electron chi connectivity index (χ2n) is 5.68. The largest absolute Gasteiger partial charge is 0.461 e. The first kappa shape index (κ1) is 20.6. The number of ether oxygens (including phenoxy) is 1. The summed E-state index contributed by atoms with van der Waals surface area (Å²) in [6.45, 7) is 3.98. The van der Waals surface area contributed by atoms with Crippen LogP contribution >= 0.6 is 0 Å². The normalized spacial score (nSPS) is 11.5. The van der Waals surface area contributed by atoms with Crippen LogP contribution in [0.5, 0.6) is 0 Å². The summed E-state index contributed by atoms with van der Waals surface area (Å²) in [6.07, 6.45) is 24.5. The molecule has 0 saturated heterocycles.